The first kappa shape index (κ1) is 23.1. The number of nitriles is 1. The van der Waals surface area contributed by atoms with Crippen LogP contribution >= 0.6 is 15.9 Å². The molecule has 0 radical (unpaired) electrons. The highest BCUT2D eigenvalue weighted by Gasteiger charge is 2.14. The molecule has 3 aromatic carbocycles. The molecule has 0 unspecified atom stereocenters. The monoisotopic (exact) mass is 490 g/mol. The van der Waals surface area contributed by atoms with Crippen molar-refractivity contribution < 1.29 is 14.3 Å². The average molecular weight is 491 g/mol. The second-order valence-electron chi connectivity index (χ2n) is 7.10. The number of carbonyl (C=O) groups is 1. The molecule has 0 heterocycles. The minimum absolute atomic E-state index is 0.0124. The van der Waals surface area contributed by atoms with Crippen LogP contribution in [-0.4, -0.2) is 13.0 Å². The fourth-order valence-corrected chi connectivity index (χ4v) is 3.31. The minimum atomic E-state index is -0.432. The van der Waals surface area contributed by atoms with E-state index in [0.717, 1.165) is 15.6 Å². The Hall–Kier alpha value is -3.56. The van der Waals surface area contributed by atoms with Gasteiger partial charge in [0.15, 0.2) is 11.5 Å². The van der Waals surface area contributed by atoms with Crippen LogP contribution in [0.15, 0.2) is 82.8 Å². The summed E-state index contributed by atoms with van der Waals surface area (Å²) >= 11 is 3.41. The summed E-state index contributed by atoms with van der Waals surface area (Å²) in [5.74, 6) is 0.665. The molecule has 0 saturated carbocycles. The van der Waals surface area contributed by atoms with Crippen LogP contribution in [0.2, 0.25) is 0 Å². The van der Waals surface area contributed by atoms with Gasteiger partial charge >= 0.3 is 0 Å². The van der Waals surface area contributed by atoms with Crippen molar-refractivity contribution in [2.75, 3.05) is 7.11 Å². The number of hydrogen-bond acceptors (Lipinski definition) is 4. The van der Waals surface area contributed by atoms with Gasteiger partial charge in [0.25, 0.3) is 5.91 Å². The van der Waals surface area contributed by atoms with Crippen LogP contribution < -0.4 is 14.8 Å². The molecular formula is C26H23BrN2O3. The third-order valence-corrected chi connectivity index (χ3v) is 5.35. The molecule has 0 fully saturated rings. The van der Waals surface area contributed by atoms with Gasteiger partial charge in [0.1, 0.15) is 18.2 Å². The second-order valence-corrected chi connectivity index (χ2v) is 8.02. The predicted octanol–water partition coefficient (Wildman–Crippen LogP) is 5.82. The van der Waals surface area contributed by atoms with E-state index in [9.17, 15) is 10.1 Å². The van der Waals surface area contributed by atoms with E-state index >= 15 is 0 Å². The third kappa shape index (κ3) is 6.22. The fourth-order valence-electron chi connectivity index (χ4n) is 3.05. The Balaban J connectivity index is 1.72. The number of methoxy groups -OCH3 is 1. The lowest BCUT2D eigenvalue weighted by atomic mass is 10.1. The van der Waals surface area contributed by atoms with Crippen LogP contribution in [0.3, 0.4) is 0 Å². The minimum Gasteiger partial charge on any atom is -0.493 e. The molecule has 1 atom stereocenters. The molecule has 0 saturated heterocycles. The molecule has 0 aliphatic rings. The summed E-state index contributed by atoms with van der Waals surface area (Å²) in [5.41, 5.74) is 2.66. The number of halogens is 1. The van der Waals surface area contributed by atoms with Gasteiger partial charge in [-0.15, -0.1) is 0 Å². The van der Waals surface area contributed by atoms with E-state index in [-0.39, 0.29) is 11.6 Å². The summed E-state index contributed by atoms with van der Waals surface area (Å²) in [6.45, 7) is 2.27. The standard InChI is InChI=1S/C26H23BrN2O3/c1-18(21-6-4-3-5-7-21)29-26(30)22(16-28)14-20-10-13-24(25(15-20)31-2)32-17-19-8-11-23(27)12-9-19/h3-15,18H,17H2,1-2H3,(H,29,30)/b22-14+/t18-/m1/s1. The number of nitrogens with one attached hydrogen (secondary N) is 1. The van der Waals surface area contributed by atoms with Crippen molar-refractivity contribution in [2.45, 2.75) is 19.6 Å². The van der Waals surface area contributed by atoms with Crippen molar-refractivity contribution in [1.29, 1.82) is 5.26 Å². The number of carbonyl (C=O) groups excluding carboxylic acids is 1. The van der Waals surface area contributed by atoms with Crippen LogP contribution in [-0.2, 0) is 11.4 Å². The highest BCUT2D eigenvalue weighted by Crippen LogP contribution is 2.30. The molecule has 5 nitrogen and oxygen atoms in total. The zero-order valence-electron chi connectivity index (χ0n) is 17.8. The lowest BCUT2D eigenvalue weighted by molar-refractivity contribution is -0.117. The van der Waals surface area contributed by atoms with E-state index in [0.29, 0.717) is 23.7 Å². The van der Waals surface area contributed by atoms with E-state index in [1.807, 2.05) is 67.6 Å². The number of hydrogen-bond donors (Lipinski definition) is 1. The number of nitrogens with zero attached hydrogens (tertiary/aromatic N) is 1. The summed E-state index contributed by atoms with van der Waals surface area (Å²) in [7, 11) is 1.55. The normalized spacial score (nSPS) is 11.9. The Labute approximate surface area is 196 Å². The molecule has 6 heteroatoms. The maximum atomic E-state index is 12.6. The van der Waals surface area contributed by atoms with Gasteiger partial charge in [-0.25, -0.2) is 0 Å². The van der Waals surface area contributed by atoms with E-state index < -0.39 is 5.91 Å². The van der Waals surface area contributed by atoms with Crippen LogP contribution in [0.5, 0.6) is 11.5 Å². The molecule has 0 aliphatic heterocycles. The van der Waals surface area contributed by atoms with Crippen molar-refractivity contribution >= 4 is 27.9 Å². The SMILES string of the molecule is COc1cc(/C=C(\C#N)C(=O)N[C@H](C)c2ccccc2)ccc1OCc1ccc(Br)cc1. The predicted molar refractivity (Wildman–Crippen MR) is 128 cm³/mol. The molecule has 0 bridgehead atoms. The van der Waals surface area contributed by atoms with E-state index in [1.165, 1.54) is 6.08 Å². The van der Waals surface area contributed by atoms with Crippen molar-refractivity contribution in [1.82, 2.24) is 5.32 Å². The fraction of sp³-hybridized carbons (Fsp3) is 0.154. The Morgan fingerprint density at radius 2 is 1.81 bits per heavy atom. The van der Waals surface area contributed by atoms with Gasteiger partial charge in [-0.2, -0.15) is 5.26 Å². The van der Waals surface area contributed by atoms with Crippen LogP contribution in [0.1, 0.15) is 29.7 Å². The topological polar surface area (TPSA) is 71.3 Å². The van der Waals surface area contributed by atoms with E-state index in [1.54, 1.807) is 25.3 Å². The quantitative estimate of drug-likeness (QED) is 0.318. The smallest absolute Gasteiger partial charge is 0.262 e. The summed E-state index contributed by atoms with van der Waals surface area (Å²) in [6, 6.07) is 24.5. The molecule has 1 N–H and O–H groups in total. The summed E-state index contributed by atoms with van der Waals surface area (Å²) in [6.07, 6.45) is 1.54. The zero-order chi connectivity index (χ0) is 22.9. The van der Waals surface area contributed by atoms with Gasteiger partial charge in [0, 0.05) is 4.47 Å². The van der Waals surface area contributed by atoms with Gasteiger partial charge in [-0.1, -0.05) is 64.5 Å². The largest absolute Gasteiger partial charge is 0.493 e. The molecule has 162 valence electrons. The van der Waals surface area contributed by atoms with Crippen molar-refractivity contribution in [2.24, 2.45) is 0 Å². The maximum absolute atomic E-state index is 12.6. The van der Waals surface area contributed by atoms with Crippen LogP contribution in [0, 0.1) is 11.3 Å². The van der Waals surface area contributed by atoms with E-state index in [4.69, 9.17) is 9.47 Å². The summed E-state index contributed by atoms with van der Waals surface area (Å²) in [5, 5.41) is 12.4. The summed E-state index contributed by atoms with van der Waals surface area (Å²) < 4.78 is 12.3. The van der Waals surface area contributed by atoms with E-state index in [2.05, 4.69) is 21.2 Å². The third-order valence-electron chi connectivity index (χ3n) is 4.82. The van der Waals surface area contributed by atoms with Gasteiger partial charge < -0.3 is 14.8 Å². The van der Waals surface area contributed by atoms with Gasteiger partial charge in [0.2, 0.25) is 0 Å². The first-order chi connectivity index (χ1) is 15.5. The van der Waals surface area contributed by atoms with Gasteiger partial charge in [-0.05, 0) is 54.0 Å². The molecular weight excluding hydrogens is 468 g/mol. The van der Waals surface area contributed by atoms with Crippen molar-refractivity contribution in [3.8, 4) is 17.6 Å². The van der Waals surface area contributed by atoms with Gasteiger partial charge in [0.05, 0.1) is 13.2 Å². The molecule has 0 spiro atoms. The van der Waals surface area contributed by atoms with Crippen molar-refractivity contribution in [3.63, 3.8) is 0 Å². The molecule has 32 heavy (non-hydrogen) atoms. The number of benzene rings is 3. The molecule has 3 rings (SSSR count). The molecule has 0 aliphatic carbocycles. The highest BCUT2D eigenvalue weighted by atomic mass is 79.9. The number of rotatable bonds is 8. The number of amides is 1. The first-order valence-corrected chi connectivity index (χ1v) is 10.8. The second kappa shape index (κ2) is 11.2. The highest BCUT2D eigenvalue weighted by molar-refractivity contribution is 9.10. The lowest BCUT2D eigenvalue weighted by Crippen LogP contribution is -2.27. The van der Waals surface area contributed by atoms with Crippen LogP contribution in [0.4, 0.5) is 0 Å². The number of ether oxygens (including phenoxy) is 2. The average Bonchev–Trinajstić information content (AvgIpc) is 2.82. The Kier molecular flexibility index (Phi) is 8.07. The molecule has 0 aromatic heterocycles. The Morgan fingerprint density at radius 3 is 2.47 bits per heavy atom. The van der Waals surface area contributed by atoms with Crippen molar-refractivity contribution in [3.05, 3.63) is 99.5 Å². The lowest BCUT2D eigenvalue weighted by Gasteiger charge is -2.14. The summed E-state index contributed by atoms with van der Waals surface area (Å²) in [4.78, 5) is 12.6. The Morgan fingerprint density at radius 1 is 1.09 bits per heavy atom. The molecule has 1 amide bonds. The zero-order valence-corrected chi connectivity index (χ0v) is 19.4. The van der Waals surface area contributed by atoms with Gasteiger partial charge in [-0.3, -0.25) is 4.79 Å². The molecule has 3 aromatic rings. The maximum Gasteiger partial charge on any atom is 0.262 e. The Bertz CT molecular complexity index is 1140. The van der Waals surface area contributed by atoms with Crippen LogP contribution in [0.25, 0.3) is 6.08 Å². The first-order valence-electron chi connectivity index (χ1n) is 10.0.